The van der Waals surface area contributed by atoms with E-state index < -0.39 is 0 Å². The molecule has 0 aromatic carbocycles. The van der Waals surface area contributed by atoms with E-state index in [1.165, 1.54) is 27.5 Å². The zero-order chi connectivity index (χ0) is 17.1. The molecule has 132 valence electrons. The standard InChI is InChI=1S/C19H20O2S4/c1-3-9-5-14-17(22-9)10-6-13-11(7-12(10)23-14)18-15(24-13)8-16(25-18)19(20)21-4-2/h5,8,10-13H,3-4,6-7H2,1-2H3. The predicted octanol–water partition coefficient (Wildman–Crippen LogP) is 6.16. The summed E-state index contributed by atoms with van der Waals surface area (Å²) in [4.78, 5) is 20.4. The zero-order valence-electron chi connectivity index (χ0n) is 14.2. The molecule has 3 aliphatic rings. The molecule has 2 aromatic rings. The van der Waals surface area contributed by atoms with Crippen LogP contribution in [0.1, 0.15) is 62.8 Å². The Morgan fingerprint density at radius 2 is 1.68 bits per heavy atom. The molecule has 0 N–H and O–H groups in total. The Morgan fingerprint density at radius 1 is 1.04 bits per heavy atom. The monoisotopic (exact) mass is 408 g/mol. The van der Waals surface area contributed by atoms with E-state index >= 15 is 0 Å². The maximum Gasteiger partial charge on any atom is 0.348 e. The Morgan fingerprint density at radius 3 is 2.32 bits per heavy atom. The first-order valence-corrected chi connectivity index (χ1v) is 12.3. The molecular weight excluding hydrogens is 388 g/mol. The zero-order valence-corrected chi connectivity index (χ0v) is 17.5. The van der Waals surface area contributed by atoms with E-state index in [1.54, 1.807) is 21.1 Å². The van der Waals surface area contributed by atoms with Crippen LogP contribution in [0.3, 0.4) is 0 Å². The highest BCUT2D eigenvalue weighted by Gasteiger charge is 2.48. The lowest BCUT2D eigenvalue weighted by Gasteiger charge is -2.33. The van der Waals surface area contributed by atoms with Crippen LogP contribution in [0.4, 0.5) is 0 Å². The summed E-state index contributed by atoms with van der Waals surface area (Å²) in [6.07, 6.45) is 3.70. The lowest BCUT2D eigenvalue weighted by Crippen LogP contribution is -2.28. The third-order valence-corrected chi connectivity index (χ3v) is 11.2. The van der Waals surface area contributed by atoms with Gasteiger partial charge in [0.25, 0.3) is 0 Å². The second kappa shape index (κ2) is 6.32. The van der Waals surface area contributed by atoms with Crippen molar-refractivity contribution in [3.05, 3.63) is 31.6 Å². The summed E-state index contributed by atoms with van der Waals surface area (Å²) in [5, 5.41) is 1.42. The Labute approximate surface area is 164 Å². The number of carbonyl (C=O) groups excluding carboxylic acids is 1. The number of esters is 1. The molecule has 1 saturated carbocycles. The van der Waals surface area contributed by atoms with Crippen LogP contribution in [0.15, 0.2) is 21.9 Å². The largest absolute Gasteiger partial charge is 0.462 e. The van der Waals surface area contributed by atoms with Crippen LogP contribution in [0.25, 0.3) is 0 Å². The molecule has 2 aromatic heterocycles. The summed E-state index contributed by atoms with van der Waals surface area (Å²) in [5.41, 5.74) is 0. The third kappa shape index (κ3) is 2.63. The highest BCUT2D eigenvalue weighted by Crippen LogP contribution is 2.63. The minimum absolute atomic E-state index is 0.155. The molecule has 25 heavy (non-hydrogen) atoms. The lowest BCUT2D eigenvalue weighted by atomic mass is 9.80. The van der Waals surface area contributed by atoms with Crippen LogP contribution in [0.2, 0.25) is 0 Å². The first-order chi connectivity index (χ1) is 12.2. The van der Waals surface area contributed by atoms with Gasteiger partial charge in [-0.3, -0.25) is 0 Å². The number of carbonyl (C=O) groups is 1. The van der Waals surface area contributed by atoms with E-state index in [1.807, 2.05) is 18.7 Å². The molecule has 1 fully saturated rings. The molecule has 0 radical (unpaired) electrons. The molecule has 2 nitrogen and oxygen atoms in total. The Hall–Kier alpha value is -0.430. The highest BCUT2D eigenvalue weighted by atomic mass is 32.2. The van der Waals surface area contributed by atoms with Gasteiger partial charge < -0.3 is 4.74 Å². The number of aryl methyl sites for hydroxylation is 1. The molecule has 1 aliphatic carbocycles. The van der Waals surface area contributed by atoms with Gasteiger partial charge in [0.2, 0.25) is 0 Å². The van der Waals surface area contributed by atoms with E-state index in [-0.39, 0.29) is 5.97 Å². The smallest absolute Gasteiger partial charge is 0.348 e. The average Bonchev–Trinajstić information content (AvgIpc) is 3.31. The van der Waals surface area contributed by atoms with Crippen molar-refractivity contribution in [3.8, 4) is 0 Å². The van der Waals surface area contributed by atoms with Crippen LogP contribution in [0.5, 0.6) is 0 Å². The van der Waals surface area contributed by atoms with Crippen molar-refractivity contribution in [1.29, 1.82) is 0 Å². The van der Waals surface area contributed by atoms with Crippen LogP contribution >= 0.6 is 46.2 Å². The van der Waals surface area contributed by atoms with Gasteiger partial charge in [-0.1, -0.05) is 6.92 Å². The van der Waals surface area contributed by atoms with Gasteiger partial charge in [0, 0.05) is 46.8 Å². The van der Waals surface area contributed by atoms with Gasteiger partial charge in [0.1, 0.15) is 4.88 Å². The van der Waals surface area contributed by atoms with Gasteiger partial charge in [-0.15, -0.1) is 46.2 Å². The van der Waals surface area contributed by atoms with Crippen molar-refractivity contribution in [2.24, 2.45) is 0 Å². The molecule has 6 heteroatoms. The maximum absolute atomic E-state index is 12.0. The molecule has 0 spiro atoms. The highest BCUT2D eigenvalue weighted by molar-refractivity contribution is 8.01. The summed E-state index contributed by atoms with van der Waals surface area (Å²) in [7, 11) is 0. The van der Waals surface area contributed by atoms with E-state index in [9.17, 15) is 4.79 Å². The van der Waals surface area contributed by atoms with Crippen molar-refractivity contribution >= 4 is 52.2 Å². The number of ether oxygens (including phenoxy) is 1. The van der Waals surface area contributed by atoms with E-state index in [0.29, 0.717) is 17.8 Å². The SMILES string of the molecule is CCOC(=O)c1cc2c(s1)C1CC3Sc4cc(CC)sc4C3CC1S2. The summed E-state index contributed by atoms with van der Waals surface area (Å²) in [5.74, 6) is 1.22. The minimum atomic E-state index is -0.155. The summed E-state index contributed by atoms with van der Waals surface area (Å²) >= 11 is 7.86. The number of rotatable bonds is 3. The lowest BCUT2D eigenvalue weighted by molar-refractivity contribution is 0.0532. The maximum atomic E-state index is 12.0. The Balaban J connectivity index is 1.39. The predicted molar refractivity (Wildman–Crippen MR) is 108 cm³/mol. The third-order valence-electron chi connectivity index (χ3n) is 5.43. The number of hydrogen-bond donors (Lipinski definition) is 0. The normalized spacial score (nSPS) is 29.0. The summed E-state index contributed by atoms with van der Waals surface area (Å²) in [6.45, 7) is 4.57. The molecule has 4 unspecified atom stereocenters. The number of hydrogen-bond acceptors (Lipinski definition) is 6. The quantitative estimate of drug-likeness (QED) is 0.568. The first-order valence-electron chi connectivity index (χ1n) is 8.94. The topological polar surface area (TPSA) is 26.3 Å². The van der Waals surface area contributed by atoms with Gasteiger partial charge in [-0.25, -0.2) is 4.79 Å². The fourth-order valence-electron chi connectivity index (χ4n) is 4.28. The van der Waals surface area contributed by atoms with Gasteiger partial charge in [-0.2, -0.15) is 0 Å². The fourth-order valence-corrected chi connectivity index (χ4v) is 10.5. The van der Waals surface area contributed by atoms with E-state index in [0.717, 1.165) is 22.5 Å². The second-order valence-corrected chi connectivity index (χ2v) is 11.7. The number of fused-ring (bicyclic) bond motifs is 6. The number of thioether (sulfide) groups is 2. The molecule has 5 rings (SSSR count). The van der Waals surface area contributed by atoms with E-state index in [4.69, 9.17) is 4.74 Å². The first kappa shape index (κ1) is 16.7. The number of thiophene rings is 2. The minimum Gasteiger partial charge on any atom is -0.462 e. The average molecular weight is 409 g/mol. The van der Waals surface area contributed by atoms with Gasteiger partial charge in [0.05, 0.1) is 6.61 Å². The molecule has 4 atom stereocenters. The van der Waals surface area contributed by atoms with Crippen molar-refractivity contribution in [2.45, 2.75) is 65.2 Å². The fraction of sp³-hybridized carbons (Fsp3) is 0.526. The second-order valence-electron chi connectivity index (χ2n) is 6.85. The van der Waals surface area contributed by atoms with Gasteiger partial charge >= 0.3 is 5.97 Å². The van der Waals surface area contributed by atoms with Crippen molar-refractivity contribution in [3.63, 3.8) is 0 Å². The summed E-state index contributed by atoms with van der Waals surface area (Å²) < 4.78 is 5.18. The van der Waals surface area contributed by atoms with Gasteiger partial charge in [0.15, 0.2) is 0 Å². The van der Waals surface area contributed by atoms with Crippen molar-refractivity contribution in [2.75, 3.05) is 6.61 Å². The Bertz CT molecular complexity index is 837. The Kier molecular flexibility index (Phi) is 4.23. The van der Waals surface area contributed by atoms with Crippen molar-refractivity contribution < 1.29 is 9.53 Å². The molecule has 0 amide bonds. The molecule has 4 heterocycles. The van der Waals surface area contributed by atoms with Crippen LogP contribution in [-0.2, 0) is 11.2 Å². The van der Waals surface area contributed by atoms with Gasteiger partial charge in [-0.05, 0) is 38.3 Å². The molecule has 2 aliphatic heterocycles. The molecule has 0 bridgehead atoms. The molecular formula is C19H20O2S4. The van der Waals surface area contributed by atoms with Crippen LogP contribution in [-0.4, -0.2) is 23.1 Å². The van der Waals surface area contributed by atoms with Crippen molar-refractivity contribution in [1.82, 2.24) is 0 Å². The van der Waals surface area contributed by atoms with Crippen LogP contribution in [0, 0.1) is 0 Å². The van der Waals surface area contributed by atoms with E-state index in [2.05, 4.69) is 42.2 Å². The molecule has 0 saturated heterocycles. The summed E-state index contributed by atoms with van der Waals surface area (Å²) in [6, 6.07) is 4.51. The van der Waals surface area contributed by atoms with Crippen LogP contribution < -0.4 is 0 Å².